The first-order valence-corrected chi connectivity index (χ1v) is 9.04. The summed E-state index contributed by atoms with van der Waals surface area (Å²) in [6.07, 6.45) is 4.76. The molecule has 0 unspecified atom stereocenters. The number of nitrogens with zero attached hydrogens (tertiary/aromatic N) is 1. The van der Waals surface area contributed by atoms with Gasteiger partial charge in [0.15, 0.2) is 0 Å². The first-order chi connectivity index (χ1) is 14.1. The summed E-state index contributed by atoms with van der Waals surface area (Å²) in [7, 11) is 1.54. The molecule has 7 heteroatoms. The van der Waals surface area contributed by atoms with Gasteiger partial charge in [-0.05, 0) is 29.7 Å². The number of hydrogen-bond donors (Lipinski definition) is 2. The Morgan fingerprint density at radius 1 is 1.03 bits per heavy atom. The Labute approximate surface area is 169 Å². The fourth-order valence-corrected chi connectivity index (χ4v) is 2.63. The van der Waals surface area contributed by atoms with E-state index in [1.165, 1.54) is 6.08 Å². The van der Waals surface area contributed by atoms with Crippen LogP contribution < -0.4 is 10.6 Å². The van der Waals surface area contributed by atoms with E-state index in [1.807, 2.05) is 30.3 Å². The number of amides is 4. The van der Waals surface area contributed by atoms with Gasteiger partial charge in [0.1, 0.15) is 0 Å². The van der Waals surface area contributed by atoms with Crippen molar-refractivity contribution in [3.05, 3.63) is 77.4 Å². The molecule has 0 aliphatic heterocycles. The van der Waals surface area contributed by atoms with E-state index in [0.717, 1.165) is 16.0 Å². The van der Waals surface area contributed by atoms with Crippen molar-refractivity contribution in [3.8, 4) is 0 Å². The van der Waals surface area contributed by atoms with Gasteiger partial charge in [0.05, 0.1) is 6.54 Å². The third-order valence-electron chi connectivity index (χ3n) is 4.11. The van der Waals surface area contributed by atoms with Gasteiger partial charge in [-0.3, -0.25) is 19.3 Å². The average molecular weight is 392 g/mol. The zero-order chi connectivity index (χ0) is 21.1. The minimum Gasteiger partial charge on any atom is -0.355 e. The van der Waals surface area contributed by atoms with Gasteiger partial charge in [0, 0.05) is 25.2 Å². The van der Waals surface area contributed by atoms with Crippen molar-refractivity contribution in [1.29, 1.82) is 0 Å². The third-order valence-corrected chi connectivity index (χ3v) is 4.11. The van der Waals surface area contributed by atoms with Crippen LogP contribution in [0.15, 0.2) is 60.7 Å². The number of carbonyl (C=O) groups is 3. The summed E-state index contributed by atoms with van der Waals surface area (Å²) >= 11 is 0. The fourth-order valence-electron chi connectivity index (χ4n) is 2.63. The van der Waals surface area contributed by atoms with Crippen LogP contribution in [0.3, 0.4) is 0 Å². The molecule has 2 rings (SSSR count). The van der Waals surface area contributed by atoms with Crippen LogP contribution in [0.1, 0.15) is 21.5 Å². The highest BCUT2D eigenvalue weighted by Gasteiger charge is 2.19. The summed E-state index contributed by atoms with van der Waals surface area (Å²) in [6.45, 7) is -0.281. The van der Waals surface area contributed by atoms with Crippen molar-refractivity contribution in [1.82, 2.24) is 15.5 Å². The van der Waals surface area contributed by atoms with E-state index in [4.69, 9.17) is 0 Å². The number of hydrogen-bond acceptors (Lipinski definition) is 4. The van der Waals surface area contributed by atoms with Crippen LogP contribution >= 0.6 is 0 Å². The zero-order valence-electron chi connectivity index (χ0n) is 16.1. The van der Waals surface area contributed by atoms with Crippen LogP contribution in [0.5, 0.6) is 0 Å². The summed E-state index contributed by atoms with van der Waals surface area (Å²) in [5.74, 6) is -0.842. The molecule has 1 radical (unpaired) electrons. The molecule has 7 nitrogen and oxygen atoms in total. The normalized spacial score (nSPS) is 10.4. The van der Waals surface area contributed by atoms with Crippen molar-refractivity contribution in [3.63, 3.8) is 0 Å². The van der Waals surface area contributed by atoms with Crippen LogP contribution in [-0.4, -0.2) is 49.2 Å². The Bertz CT molecular complexity index is 894. The molecule has 149 valence electrons. The van der Waals surface area contributed by atoms with E-state index >= 15 is 0 Å². The molecule has 0 saturated carbocycles. The average Bonchev–Trinajstić information content (AvgIpc) is 2.76. The maximum absolute atomic E-state index is 12.4. The second kappa shape index (κ2) is 11.2. The van der Waals surface area contributed by atoms with E-state index < -0.39 is 18.5 Å². The van der Waals surface area contributed by atoms with Crippen LogP contribution in [0.4, 0.5) is 4.79 Å². The lowest BCUT2D eigenvalue weighted by Gasteiger charge is -2.17. The molecule has 0 spiro atoms. The van der Waals surface area contributed by atoms with Gasteiger partial charge in [0.2, 0.25) is 6.29 Å². The smallest absolute Gasteiger partial charge is 0.324 e. The first-order valence-electron chi connectivity index (χ1n) is 9.04. The molecule has 0 aliphatic rings. The van der Waals surface area contributed by atoms with Crippen LogP contribution in [0.25, 0.3) is 6.08 Å². The number of benzene rings is 2. The van der Waals surface area contributed by atoms with E-state index in [2.05, 4.69) is 10.6 Å². The molecular weight excluding hydrogens is 370 g/mol. The van der Waals surface area contributed by atoms with Gasteiger partial charge >= 0.3 is 6.03 Å². The minimum absolute atomic E-state index is 0.192. The Hall–Kier alpha value is -3.74. The molecule has 29 heavy (non-hydrogen) atoms. The largest absolute Gasteiger partial charge is 0.355 e. The third kappa shape index (κ3) is 6.42. The van der Waals surface area contributed by atoms with Gasteiger partial charge in [-0.1, -0.05) is 48.5 Å². The van der Waals surface area contributed by atoms with Gasteiger partial charge < -0.3 is 10.6 Å². The molecule has 0 aromatic heterocycles. The number of rotatable bonds is 8. The molecule has 2 aromatic carbocycles. The van der Waals surface area contributed by atoms with Crippen molar-refractivity contribution in [2.24, 2.45) is 0 Å². The maximum atomic E-state index is 12.4. The van der Waals surface area contributed by atoms with Crippen molar-refractivity contribution in [2.75, 3.05) is 20.1 Å². The van der Waals surface area contributed by atoms with E-state index in [1.54, 1.807) is 43.7 Å². The Morgan fingerprint density at radius 2 is 1.72 bits per heavy atom. The van der Waals surface area contributed by atoms with Crippen molar-refractivity contribution >= 4 is 30.2 Å². The van der Waals surface area contributed by atoms with Gasteiger partial charge in [0.25, 0.3) is 11.8 Å². The summed E-state index contributed by atoms with van der Waals surface area (Å²) in [6, 6.07) is 15.5. The predicted octanol–water partition coefficient (Wildman–Crippen LogP) is 1.95. The van der Waals surface area contributed by atoms with Crippen LogP contribution in [0, 0.1) is 0 Å². The van der Waals surface area contributed by atoms with Gasteiger partial charge in [-0.15, -0.1) is 0 Å². The monoisotopic (exact) mass is 392 g/mol. The SMILES string of the molecule is CNC(=O)c1ccccc1CCNC(=O)N(C[C]=O)C(=O)/C=C/c1ccccc1. The molecule has 0 heterocycles. The molecule has 0 aliphatic carbocycles. The molecule has 0 saturated heterocycles. The quantitative estimate of drug-likeness (QED) is 0.671. The van der Waals surface area contributed by atoms with Crippen LogP contribution in [0.2, 0.25) is 0 Å². The summed E-state index contributed by atoms with van der Waals surface area (Å²) in [4.78, 5) is 48.1. The summed E-state index contributed by atoms with van der Waals surface area (Å²) in [5.41, 5.74) is 2.07. The lowest BCUT2D eigenvalue weighted by atomic mass is 10.0. The van der Waals surface area contributed by atoms with Gasteiger partial charge in [-0.2, -0.15) is 0 Å². The first kappa shape index (κ1) is 21.6. The summed E-state index contributed by atoms with van der Waals surface area (Å²) in [5, 5.41) is 5.17. The molecule has 0 fully saturated rings. The highest BCUT2D eigenvalue weighted by molar-refractivity contribution is 6.03. The highest BCUT2D eigenvalue weighted by Crippen LogP contribution is 2.09. The fraction of sp³-hybridized carbons (Fsp3) is 0.182. The molecule has 4 amide bonds. The standard InChI is InChI=1S/C22H22N3O4/c1-23-21(28)19-10-6-5-9-18(19)13-14-24-22(29)25(15-16-26)20(27)12-11-17-7-3-2-4-8-17/h2-12H,13-15H2,1H3,(H,23,28)(H,24,29)/b12-11+. The van der Waals surface area contributed by atoms with Crippen LogP contribution in [-0.2, 0) is 16.0 Å². The highest BCUT2D eigenvalue weighted by atomic mass is 16.2. The van der Waals surface area contributed by atoms with E-state index in [-0.39, 0.29) is 12.5 Å². The molecule has 2 N–H and O–H groups in total. The van der Waals surface area contributed by atoms with E-state index in [0.29, 0.717) is 12.0 Å². The second-order valence-corrected chi connectivity index (χ2v) is 6.03. The number of imide groups is 1. The number of carbonyl (C=O) groups excluding carboxylic acids is 4. The Balaban J connectivity index is 1.98. The Morgan fingerprint density at radius 3 is 2.41 bits per heavy atom. The van der Waals surface area contributed by atoms with E-state index in [9.17, 15) is 19.2 Å². The predicted molar refractivity (Wildman–Crippen MR) is 110 cm³/mol. The maximum Gasteiger partial charge on any atom is 0.324 e. The number of nitrogens with one attached hydrogen (secondary N) is 2. The Kier molecular flexibility index (Phi) is 8.31. The topological polar surface area (TPSA) is 95.6 Å². The lowest BCUT2D eigenvalue weighted by molar-refractivity contribution is -0.122. The lowest BCUT2D eigenvalue weighted by Crippen LogP contribution is -2.44. The number of urea groups is 1. The van der Waals surface area contributed by atoms with Crippen molar-refractivity contribution < 1.29 is 19.2 Å². The minimum atomic E-state index is -0.700. The molecule has 0 bridgehead atoms. The second-order valence-electron chi connectivity index (χ2n) is 6.03. The summed E-state index contributed by atoms with van der Waals surface area (Å²) < 4.78 is 0. The molecular formula is C22H22N3O4. The van der Waals surface area contributed by atoms with Crippen molar-refractivity contribution in [2.45, 2.75) is 6.42 Å². The molecule has 2 aromatic rings. The van der Waals surface area contributed by atoms with Gasteiger partial charge in [-0.25, -0.2) is 4.79 Å². The molecule has 0 atom stereocenters. The zero-order valence-corrected chi connectivity index (χ0v) is 16.1.